The molecular weight excluding hydrogens is 418 g/mol. The van der Waals surface area contributed by atoms with E-state index in [0.717, 1.165) is 42.9 Å². The van der Waals surface area contributed by atoms with Crippen molar-refractivity contribution >= 4 is 6.29 Å². The van der Waals surface area contributed by atoms with E-state index < -0.39 is 0 Å². The zero-order valence-electron chi connectivity index (χ0n) is 19.3. The van der Waals surface area contributed by atoms with Crippen molar-refractivity contribution in [2.45, 2.75) is 45.8 Å². The third-order valence-electron chi connectivity index (χ3n) is 5.78. The first-order chi connectivity index (χ1) is 16.2. The molecule has 0 N–H and O–H groups in total. The zero-order chi connectivity index (χ0) is 23.0. The number of aromatic nitrogens is 4. The van der Waals surface area contributed by atoms with Crippen molar-refractivity contribution in [1.29, 1.82) is 0 Å². The maximum atomic E-state index is 11.7. The van der Waals surface area contributed by atoms with Gasteiger partial charge in [0, 0.05) is 36.6 Å². The van der Waals surface area contributed by atoms with Crippen molar-refractivity contribution in [3.8, 4) is 23.0 Å². The third-order valence-corrected chi connectivity index (χ3v) is 5.78. The Morgan fingerprint density at radius 3 is 2.73 bits per heavy atom. The molecule has 0 amide bonds. The number of nitrogens with zero attached hydrogens (tertiary/aromatic N) is 5. The van der Waals surface area contributed by atoms with Crippen molar-refractivity contribution in [3.05, 3.63) is 54.0 Å². The summed E-state index contributed by atoms with van der Waals surface area (Å²) in [6.45, 7) is 8.07. The first-order valence-corrected chi connectivity index (χ1v) is 11.6. The maximum Gasteiger partial charge on any atom is 0.214 e. The molecule has 1 aliphatic heterocycles. The number of aldehydes is 1. The number of carbonyl (C=O) groups is 1. The van der Waals surface area contributed by atoms with Gasteiger partial charge in [0.2, 0.25) is 5.88 Å². The van der Waals surface area contributed by atoms with Gasteiger partial charge >= 0.3 is 0 Å². The van der Waals surface area contributed by atoms with Crippen molar-refractivity contribution in [2.75, 3.05) is 26.2 Å². The van der Waals surface area contributed by atoms with Gasteiger partial charge in [-0.3, -0.25) is 19.4 Å². The molecule has 0 spiro atoms. The Hall–Kier alpha value is -3.26. The maximum absolute atomic E-state index is 11.7. The molecular formula is C25H31N5O3. The summed E-state index contributed by atoms with van der Waals surface area (Å²) < 4.78 is 13.7. The quantitative estimate of drug-likeness (QED) is 0.430. The van der Waals surface area contributed by atoms with Crippen LogP contribution in [0.3, 0.4) is 0 Å². The summed E-state index contributed by atoms with van der Waals surface area (Å²) >= 11 is 0. The van der Waals surface area contributed by atoms with Crippen LogP contribution >= 0.6 is 0 Å². The largest absolute Gasteiger partial charge is 0.486 e. The van der Waals surface area contributed by atoms with Crippen LogP contribution in [0.4, 0.5) is 0 Å². The van der Waals surface area contributed by atoms with E-state index in [-0.39, 0.29) is 12.6 Å². The molecule has 0 atom stereocenters. The second-order valence-electron chi connectivity index (χ2n) is 8.48. The number of hydrogen-bond donors (Lipinski definition) is 0. The Kier molecular flexibility index (Phi) is 7.67. The number of carbonyl (C=O) groups excluding carboxylic acids is 1. The summed E-state index contributed by atoms with van der Waals surface area (Å²) in [4.78, 5) is 23.0. The van der Waals surface area contributed by atoms with E-state index in [2.05, 4.69) is 33.8 Å². The van der Waals surface area contributed by atoms with Crippen LogP contribution in [-0.4, -0.2) is 57.2 Å². The highest BCUT2D eigenvalue weighted by Crippen LogP contribution is 2.26. The molecule has 1 saturated heterocycles. The number of ether oxygens (including phenoxy) is 2. The van der Waals surface area contributed by atoms with E-state index in [1.807, 2.05) is 22.9 Å². The molecule has 3 aromatic heterocycles. The molecule has 174 valence electrons. The molecule has 0 radical (unpaired) electrons. The van der Waals surface area contributed by atoms with E-state index in [9.17, 15) is 4.79 Å². The summed E-state index contributed by atoms with van der Waals surface area (Å²) in [7, 11) is 0. The van der Waals surface area contributed by atoms with E-state index in [1.165, 1.54) is 19.3 Å². The van der Waals surface area contributed by atoms with Gasteiger partial charge in [-0.15, -0.1) is 0 Å². The summed E-state index contributed by atoms with van der Waals surface area (Å²) in [6, 6.07) is 7.62. The average Bonchev–Trinajstić information content (AvgIpc) is 3.34. The van der Waals surface area contributed by atoms with Crippen molar-refractivity contribution < 1.29 is 14.3 Å². The molecule has 4 heterocycles. The number of piperidine rings is 1. The third kappa shape index (κ3) is 5.76. The van der Waals surface area contributed by atoms with E-state index in [1.54, 1.807) is 24.7 Å². The Bertz CT molecular complexity index is 1060. The lowest BCUT2D eigenvalue weighted by Gasteiger charge is -2.26. The molecule has 0 aromatic carbocycles. The molecule has 0 unspecified atom stereocenters. The highest BCUT2D eigenvalue weighted by Gasteiger charge is 2.15. The smallest absolute Gasteiger partial charge is 0.214 e. The Balaban J connectivity index is 1.41. The standard InChI is InChI=1S/C25H31N5O3/c1-19(2)30-22(8-10-28-30)25-20(7-6-9-26-25)18-33-23-16-27-24(15-21(23)17-31)32-14-13-29-11-4-3-5-12-29/h6-10,15-17,19H,3-5,11-14,18H2,1-2H3. The monoisotopic (exact) mass is 449 g/mol. The van der Waals surface area contributed by atoms with Crippen LogP contribution in [0.1, 0.15) is 55.1 Å². The Morgan fingerprint density at radius 1 is 1.09 bits per heavy atom. The van der Waals surface area contributed by atoms with Gasteiger partial charge in [-0.1, -0.05) is 12.5 Å². The van der Waals surface area contributed by atoms with Gasteiger partial charge in [0.15, 0.2) is 6.29 Å². The number of rotatable bonds is 10. The van der Waals surface area contributed by atoms with E-state index >= 15 is 0 Å². The minimum absolute atomic E-state index is 0.207. The van der Waals surface area contributed by atoms with Gasteiger partial charge in [0.1, 0.15) is 19.0 Å². The van der Waals surface area contributed by atoms with Gasteiger partial charge in [0.05, 0.1) is 23.1 Å². The minimum atomic E-state index is 0.207. The zero-order valence-corrected chi connectivity index (χ0v) is 19.3. The lowest BCUT2D eigenvalue weighted by Crippen LogP contribution is -2.33. The number of hydrogen-bond acceptors (Lipinski definition) is 7. The van der Waals surface area contributed by atoms with Gasteiger partial charge in [-0.2, -0.15) is 5.10 Å². The van der Waals surface area contributed by atoms with Gasteiger partial charge in [-0.25, -0.2) is 4.98 Å². The normalized spacial score (nSPS) is 14.4. The molecule has 8 heteroatoms. The van der Waals surface area contributed by atoms with Crippen LogP contribution in [0.5, 0.6) is 11.6 Å². The SMILES string of the molecule is CC(C)n1nccc1-c1ncccc1COc1cnc(OCCN2CCCCC2)cc1C=O. The first-order valence-electron chi connectivity index (χ1n) is 11.6. The topological polar surface area (TPSA) is 82.4 Å². The second-order valence-corrected chi connectivity index (χ2v) is 8.48. The fraction of sp³-hybridized carbons (Fsp3) is 0.440. The summed E-state index contributed by atoms with van der Waals surface area (Å²) in [5.41, 5.74) is 3.05. The molecule has 0 aliphatic carbocycles. The summed E-state index contributed by atoms with van der Waals surface area (Å²) in [6.07, 6.45) is 9.65. The molecule has 0 saturated carbocycles. The predicted molar refractivity (Wildman–Crippen MR) is 126 cm³/mol. The highest BCUT2D eigenvalue weighted by molar-refractivity contribution is 5.79. The minimum Gasteiger partial charge on any atom is -0.486 e. The van der Waals surface area contributed by atoms with Gasteiger partial charge in [0.25, 0.3) is 0 Å². The molecule has 0 bridgehead atoms. The van der Waals surface area contributed by atoms with Crippen LogP contribution in [-0.2, 0) is 6.61 Å². The summed E-state index contributed by atoms with van der Waals surface area (Å²) in [5.74, 6) is 0.852. The molecule has 3 aromatic rings. The van der Waals surface area contributed by atoms with Crippen LogP contribution < -0.4 is 9.47 Å². The van der Waals surface area contributed by atoms with Gasteiger partial charge < -0.3 is 9.47 Å². The highest BCUT2D eigenvalue weighted by atomic mass is 16.5. The van der Waals surface area contributed by atoms with E-state index in [4.69, 9.17) is 9.47 Å². The van der Waals surface area contributed by atoms with Crippen LogP contribution in [0.2, 0.25) is 0 Å². The molecule has 1 aliphatic rings. The van der Waals surface area contributed by atoms with E-state index in [0.29, 0.717) is 23.8 Å². The van der Waals surface area contributed by atoms with Crippen molar-refractivity contribution in [2.24, 2.45) is 0 Å². The van der Waals surface area contributed by atoms with Gasteiger partial charge in [-0.05, 0) is 51.9 Å². The molecule has 33 heavy (non-hydrogen) atoms. The second kappa shape index (κ2) is 11.0. The lowest BCUT2D eigenvalue weighted by atomic mass is 10.1. The van der Waals surface area contributed by atoms with Crippen LogP contribution in [0, 0.1) is 0 Å². The Labute approximate surface area is 194 Å². The fourth-order valence-corrected chi connectivity index (χ4v) is 4.05. The van der Waals surface area contributed by atoms with Crippen molar-refractivity contribution in [1.82, 2.24) is 24.6 Å². The fourth-order valence-electron chi connectivity index (χ4n) is 4.05. The number of likely N-dealkylation sites (tertiary alicyclic amines) is 1. The lowest BCUT2D eigenvalue weighted by molar-refractivity contribution is 0.111. The van der Waals surface area contributed by atoms with Crippen LogP contribution in [0.15, 0.2) is 42.9 Å². The average molecular weight is 450 g/mol. The first kappa shape index (κ1) is 22.9. The summed E-state index contributed by atoms with van der Waals surface area (Å²) in [5, 5.41) is 4.41. The number of pyridine rings is 2. The van der Waals surface area contributed by atoms with Crippen molar-refractivity contribution in [3.63, 3.8) is 0 Å². The molecule has 4 rings (SSSR count). The molecule has 1 fully saturated rings. The van der Waals surface area contributed by atoms with Crippen LogP contribution in [0.25, 0.3) is 11.4 Å². The molecule has 8 nitrogen and oxygen atoms in total. The Morgan fingerprint density at radius 2 is 1.94 bits per heavy atom. The predicted octanol–water partition coefficient (Wildman–Crippen LogP) is 4.18.